The number of carbonyl (C=O) groups excluding carboxylic acids is 1. The predicted octanol–water partition coefficient (Wildman–Crippen LogP) is 2.36. The number of nitrogens with one attached hydrogen (secondary N) is 1. The highest BCUT2D eigenvalue weighted by atomic mass is 79.9. The number of halogens is 1. The van der Waals surface area contributed by atoms with Crippen molar-refractivity contribution >= 4 is 21.8 Å². The monoisotopic (exact) mass is 345 g/mol. The average molecular weight is 346 g/mol. The first-order chi connectivity index (χ1) is 9.40. The fourth-order valence-corrected chi connectivity index (χ4v) is 2.14. The molecule has 2 N–H and O–H groups in total. The maximum Gasteiger partial charge on any atom is 0.252 e. The third-order valence-electron chi connectivity index (χ3n) is 3.25. The molecule has 1 amide bonds. The molecular weight excluding hydrogens is 326 g/mol. The molecule has 1 aromatic rings. The van der Waals surface area contributed by atoms with E-state index >= 15 is 0 Å². The zero-order chi connectivity index (χ0) is 15.3. The molecule has 0 saturated heterocycles. The first kappa shape index (κ1) is 16.8. The van der Waals surface area contributed by atoms with Crippen LogP contribution in [0.25, 0.3) is 0 Å². The summed E-state index contributed by atoms with van der Waals surface area (Å²) in [5, 5.41) is 12.2. The van der Waals surface area contributed by atoms with Gasteiger partial charge in [-0.3, -0.25) is 4.79 Å². The van der Waals surface area contributed by atoms with Crippen molar-refractivity contribution in [3.8, 4) is 11.5 Å². The highest BCUT2D eigenvalue weighted by Gasteiger charge is 2.25. The van der Waals surface area contributed by atoms with Crippen LogP contribution in [0.15, 0.2) is 16.6 Å². The van der Waals surface area contributed by atoms with Gasteiger partial charge in [-0.25, -0.2) is 0 Å². The van der Waals surface area contributed by atoms with Crippen LogP contribution in [0.5, 0.6) is 11.5 Å². The van der Waals surface area contributed by atoms with Crippen LogP contribution in [0.2, 0.25) is 0 Å². The van der Waals surface area contributed by atoms with E-state index in [0.717, 1.165) is 0 Å². The maximum absolute atomic E-state index is 12.3. The number of carbonyl (C=O) groups is 1. The average Bonchev–Trinajstić information content (AvgIpc) is 2.47. The summed E-state index contributed by atoms with van der Waals surface area (Å²) in [6, 6.07) is 3.24. The van der Waals surface area contributed by atoms with Gasteiger partial charge in [0.05, 0.1) is 26.4 Å². The Bertz CT molecular complexity index is 461. The molecule has 0 spiro atoms. The van der Waals surface area contributed by atoms with E-state index in [1.54, 1.807) is 19.1 Å². The Morgan fingerprint density at radius 1 is 1.35 bits per heavy atom. The van der Waals surface area contributed by atoms with E-state index in [4.69, 9.17) is 9.47 Å². The van der Waals surface area contributed by atoms with E-state index in [1.165, 1.54) is 14.2 Å². The second-order valence-electron chi connectivity index (χ2n) is 4.72. The van der Waals surface area contributed by atoms with E-state index in [-0.39, 0.29) is 12.5 Å². The number of hydrogen-bond donors (Lipinski definition) is 2. The predicted molar refractivity (Wildman–Crippen MR) is 80.5 cm³/mol. The molecule has 0 aliphatic rings. The van der Waals surface area contributed by atoms with Gasteiger partial charge in [0.2, 0.25) is 0 Å². The van der Waals surface area contributed by atoms with Crippen molar-refractivity contribution in [3.63, 3.8) is 0 Å². The lowest BCUT2D eigenvalue weighted by Gasteiger charge is -2.27. The number of hydrogen-bond acceptors (Lipinski definition) is 4. The summed E-state index contributed by atoms with van der Waals surface area (Å²) in [5.41, 5.74) is -0.236. The number of amides is 1. The number of ether oxygens (including phenoxy) is 2. The van der Waals surface area contributed by atoms with E-state index in [1.807, 2.05) is 6.92 Å². The van der Waals surface area contributed by atoms with E-state index in [9.17, 15) is 9.90 Å². The van der Waals surface area contributed by atoms with Crippen LogP contribution < -0.4 is 14.8 Å². The molecule has 1 rings (SSSR count). The van der Waals surface area contributed by atoms with Crippen molar-refractivity contribution < 1.29 is 19.4 Å². The highest BCUT2D eigenvalue weighted by Crippen LogP contribution is 2.35. The second kappa shape index (κ2) is 6.95. The molecule has 0 aliphatic heterocycles. The molecule has 0 fully saturated rings. The molecule has 0 aliphatic carbocycles. The first-order valence-corrected chi connectivity index (χ1v) is 7.05. The van der Waals surface area contributed by atoms with Gasteiger partial charge in [0.25, 0.3) is 5.91 Å². The van der Waals surface area contributed by atoms with Crippen LogP contribution in [0.3, 0.4) is 0 Å². The SMILES string of the molecule is CCC(C)(CO)NC(=O)c1cc(OC)c(Br)c(OC)c1. The van der Waals surface area contributed by atoms with Gasteiger partial charge >= 0.3 is 0 Å². The molecule has 6 heteroatoms. The van der Waals surface area contributed by atoms with Crippen molar-refractivity contribution in [1.82, 2.24) is 5.32 Å². The quantitative estimate of drug-likeness (QED) is 0.830. The normalized spacial score (nSPS) is 13.5. The molecule has 0 aromatic heterocycles. The molecule has 112 valence electrons. The van der Waals surface area contributed by atoms with Crippen molar-refractivity contribution in [2.75, 3.05) is 20.8 Å². The minimum Gasteiger partial charge on any atom is -0.495 e. The van der Waals surface area contributed by atoms with Crippen molar-refractivity contribution in [2.24, 2.45) is 0 Å². The lowest BCUT2D eigenvalue weighted by molar-refractivity contribution is 0.0846. The van der Waals surface area contributed by atoms with Crippen molar-refractivity contribution in [2.45, 2.75) is 25.8 Å². The molecule has 1 unspecified atom stereocenters. The van der Waals surface area contributed by atoms with E-state index in [2.05, 4.69) is 21.2 Å². The minimum absolute atomic E-state index is 0.125. The first-order valence-electron chi connectivity index (χ1n) is 6.25. The Hall–Kier alpha value is -1.27. The summed E-state index contributed by atoms with van der Waals surface area (Å²) < 4.78 is 11.1. The number of rotatable bonds is 6. The lowest BCUT2D eigenvalue weighted by atomic mass is 9.99. The molecule has 20 heavy (non-hydrogen) atoms. The largest absolute Gasteiger partial charge is 0.495 e. The maximum atomic E-state index is 12.3. The molecule has 1 aromatic carbocycles. The Morgan fingerprint density at radius 3 is 2.20 bits per heavy atom. The molecule has 0 saturated carbocycles. The number of benzene rings is 1. The summed E-state index contributed by atoms with van der Waals surface area (Å²) in [5.74, 6) is 0.737. The number of methoxy groups -OCH3 is 2. The van der Waals surface area contributed by atoms with Gasteiger partial charge in [0.1, 0.15) is 16.0 Å². The molecule has 0 bridgehead atoms. The van der Waals surface area contributed by atoms with Gasteiger partial charge in [-0.1, -0.05) is 6.92 Å². The van der Waals surface area contributed by atoms with Gasteiger partial charge in [0, 0.05) is 5.56 Å². The van der Waals surface area contributed by atoms with Gasteiger partial charge in [0.15, 0.2) is 0 Å². The Labute approximate surface area is 127 Å². The summed E-state index contributed by atoms with van der Waals surface area (Å²) in [7, 11) is 3.04. The fourth-order valence-electron chi connectivity index (χ4n) is 1.59. The number of aliphatic hydroxyl groups excluding tert-OH is 1. The van der Waals surface area contributed by atoms with Crippen LogP contribution in [0.1, 0.15) is 30.6 Å². The van der Waals surface area contributed by atoms with Gasteiger partial charge in [-0.2, -0.15) is 0 Å². The third-order valence-corrected chi connectivity index (χ3v) is 4.03. The van der Waals surface area contributed by atoms with Crippen LogP contribution >= 0.6 is 15.9 Å². The van der Waals surface area contributed by atoms with Crippen molar-refractivity contribution in [1.29, 1.82) is 0 Å². The smallest absolute Gasteiger partial charge is 0.252 e. The van der Waals surface area contributed by atoms with E-state index in [0.29, 0.717) is 28.0 Å². The highest BCUT2D eigenvalue weighted by molar-refractivity contribution is 9.10. The summed E-state index contributed by atoms with van der Waals surface area (Å²) in [6.07, 6.45) is 0.625. The third kappa shape index (κ3) is 3.64. The minimum atomic E-state index is -0.648. The van der Waals surface area contributed by atoms with Crippen molar-refractivity contribution in [3.05, 3.63) is 22.2 Å². The Morgan fingerprint density at radius 2 is 1.85 bits per heavy atom. The van der Waals surface area contributed by atoms with Gasteiger partial charge in [-0.15, -0.1) is 0 Å². The second-order valence-corrected chi connectivity index (χ2v) is 5.51. The van der Waals surface area contributed by atoms with Crippen LogP contribution in [0.4, 0.5) is 0 Å². The fraction of sp³-hybridized carbons (Fsp3) is 0.500. The Balaban J connectivity index is 3.10. The summed E-state index contributed by atoms with van der Waals surface area (Å²) in [6.45, 7) is 3.57. The Kier molecular flexibility index (Phi) is 5.83. The zero-order valence-electron chi connectivity index (χ0n) is 12.1. The molecule has 1 atom stereocenters. The van der Waals surface area contributed by atoms with Crippen LogP contribution in [-0.4, -0.2) is 37.4 Å². The van der Waals surface area contributed by atoms with E-state index < -0.39 is 5.54 Å². The zero-order valence-corrected chi connectivity index (χ0v) is 13.7. The lowest BCUT2D eigenvalue weighted by Crippen LogP contribution is -2.48. The van der Waals surface area contributed by atoms with Crippen LogP contribution in [0, 0.1) is 0 Å². The summed E-state index contributed by atoms with van der Waals surface area (Å²) in [4.78, 5) is 12.3. The topological polar surface area (TPSA) is 67.8 Å². The molecule has 0 heterocycles. The van der Waals surface area contributed by atoms with Gasteiger partial charge in [-0.05, 0) is 41.4 Å². The summed E-state index contributed by atoms with van der Waals surface area (Å²) >= 11 is 3.35. The standard InChI is InChI=1S/C14H20BrNO4/c1-5-14(2,8-17)16-13(18)9-6-10(19-3)12(15)11(7-9)20-4/h6-7,17H,5,8H2,1-4H3,(H,16,18). The molecular formula is C14H20BrNO4. The molecule has 0 radical (unpaired) electrons. The molecule has 5 nitrogen and oxygen atoms in total. The van der Waals surface area contributed by atoms with Gasteiger partial charge < -0.3 is 19.9 Å². The number of aliphatic hydroxyl groups is 1. The van der Waals surface area contributed by atoms with Crippen LogP contribution in [-0.2, 0) is 0 Å².